The maximum Gasteiger partial charge on any atom is 0.332 e. The van der Waals surface area contributed by atoms with Crippen molar-refractivity contribution in [3.63, 3.8) is 0 Å². The topological polar surface area (TPSA) is 49.8 Å². The molecule has 0 spiro atoms. The van der Waals surface area contributed by atoms with Gasteiger partial charge >= 0.3 is 5.97 Å². The summed E-state index contributed by atoms with van der Waals surface area (Å²) in [7, 11) is -1.69. The molecule has 4 nitrogen and oxygen atoms in total. The van der Waals surface area contributed by atoms with Crippen molar-refractivity contribution in [3.05, 3.63) is 11.6 Å². The van der Waals surface area contributed by atoms with Crippen LogP contribution in [0.15, 0.2) is 11.6 Å². The average Bonchev–Trinajstić information content (AvgIpc) is 2.27. The number of hydrogen-bond donors (Lipinski definition) is 1. The predicted molar refractivity (Wildman–Crippen MR) is 79.9 cm³/mol. The zero-order valence-corrected chi connectivity index (χ0v) is 13.8. The van der Waals surface area contributed by atoms with Crippen molar-refractivity contribution in [2.75, 3.05) is 26.2 Å². The van der Waals surface area contributed by atoms with Crippen LogP contribution in [0.25, 0.3) is 0 Å². The van der Waals surface area contributed by atoms with Gasteiger partial charge in [0, 0.05) is 31.8 Å². The summed E-state index contributed by atoms with van der Waals surface area (Å²) in [6.07, 6.45) is 2.65. The molecule has 0 radical (unpaired) electrons. The summed E-state index contributed by atoms with van der Waals surface area (Å²) in [5.74, 6) is -0.796. The van der Waals surface area contributed by atoms with Crippen LogP contribution in [0.1, 0.15) is 27.2 Å². The van der Waals surface area contributed by atoms with Crippen molar-refractivity contribution in [1.29, 1.82) is 0 Å². The molecule has 0 saturated carbocycles. The van der Waals surface area contributed by atoms with E-state index in [1.165, 1.54) is 0 Å². The Labute approximate surface area is 117 Å². The molecule has 0 fully saturated rings. The highest BCUT2D eigenvalue weighted by Crippen LogP contribution is 2.36. The molecule has 5 heteroatoms. The molecule has 0 bridgehead atoms. The van der Waals surface area contributed by atoms with E-state index in [1.54, 1.807) is 0 Å². The van der Waals surface area contributed by atoms with Crippen LogP contribution in [0.3, 0.4) is 0 Å². The quantitative estimate of drug-likeness (QED) is 0.789. The summed E-state index contributed by atoms with van der Waals surface area (Å²) in [4.78, 5) is 13.1. The van der Waals surface area contributed by atoms with Crippen molar-refractivity contribution >= 4 is 14.3 Å². The van der Waals surface area contributed by atoms with Crippen molar-refractivity contribution in [2.24, 2.45) is 0 Å². The highest BCUT2D eigenvalue weighted by molar-refractivity contribution is 6.74. The smallest absolute Gasteiger partial charge is 0.332 e. The number of nitrogens with zero attached hydrogens (tertiary/aromatic N) is 1. The molecule has 110 valence electrons. The van der Waals surface area contributed by atoms with E-state index in [4.69, 9.17) is 9.53 Å². The molecule has 1 heterocycles. The summed E-state index contributed by atoms with van der Waals surface area (Å²) < 4.78 is 6.12. The molecule has 0 aromatic heterocycles. The standard InChI is InChI=1S/C14H27NO3Si/c1-14(2,3)19(4,5)18-10-9-15-8-6-7-12(11-15)13(16)17/h7H,6,8-11H2,1-5H3,(H,16,17). The minimum atomic E-state index is -1.69. The second-order valence-corrected chi connectivity index (χ2v) is 11.5. The second kappa shape index (κ2) is 6.20. The molecule has 1 aliphatic heterocycles. The molecule has 0 saturated heterocycles. The normalized spacial score (nSPS) is 18.3. The summed E-state index contributed by atoms with van der Waals surface area (Å²) in [5.41, 5.74) is 0.513. The minimum absolute atomic E-state index is 0.223. The average molecular weight is 285 g/mol. The first-order valence-corrected chi connectivity index (χ1v) is 9.83. The van der Waals surface area contributed by atoms with Gasteiger partial charge < -0.3 is 9.53 Å². The molecule has 0 unspecified atom stereocenters. The molecule has 0 aliphatic carbocycles. The largest absolute Gasteiger partial charge is 0.478 e. The first kappa shape index (κ1) is 16.4. The maximum absolute atomic E-state index is 10.9. The Hall–Kier alpha value is -0.653. The van der Waals surface area contributed by atoms with Crippen LogP contribution < -0.4 is 0 Å². The Morgan fingerprint density at radius 3 is 2.63 bits per heavy atom. The van der Waals surface area contributed by atoms with Gasteiger partial charge in [-0.3, -0.25) is 4.90 Å². The Morgan fingerprint density at radius 1 is 1.47 bits per heavy atom. The molecule has 19 heavy (non-hydrogen) atoms. The third-order valence-electron chi connectivity index (χ3n) is 4.18. The lowest BCUT2D eigenvalue weighted by Gasteiger charge is -2.37. The molecular weight excluding hydrogens is 258 g/mol. The fourth-order valence-corrected chi connectivity index (χ4v) is 2.83. The van der Waals surface area contributed by atoms with E-state index >= 15 is 0 Å². The third kappa shape index (κ3) is 4.74. The van der Waals surface area contributed by atoms with Gasteiger partial charge in [-0.25, -0.2) is 4.79 Å². The van der Waals surface area contributed by atoms with Crippen LogP contribution in [-0.4, -0.2) is 50.5 Å². The first-order valence-electron chi connectivity index (χ1n) is 6.92. The number of rotatable bonds is 5. The van der Waals surface area contributed by atoms with Gasteiger partial charge in [-0.2, -0.15) is 0 Å². The highest BCUT2D eigenvalue weighted by Gasteiger charge is 2.37. The lowest BCUT2D eigenvalue weighted by Crippen LogP contribution is -2.43. The molecule has 1 N–H and O–H groups in total. The lowest BCUT2D eigenvalue weighted by atomic mass is 10.1. The molecule has 0 amide bonds. The van der Waals surface area contributed by atoms with E-state index in [9.17, 15) is 4.79 Å². The molecule has 0 aromatic rings. The van der Waals surface area contributed by atoms with Crippen LogP contribution in [0, 0.1) is 0 Å². The summed E-state index contributed by atoms with van der Waals surface area (Å²) >= 11 is 0. The van der Waals surface area contributed by atoms with Crippen molar-refractivity contribution in [2.45, 2.75) is 45.3 Å². The SMILES string of the molecule is CC(C)(C)[Si](C)(C)OCCN1CCC=C(C(=O)O)C1. The summed E-state index contributed by atoms with van der Waals surface area (Å²) in [5, 5.41) is 9.22. The number of hydrogen-bond acceptors (Lipinski definition) is 3. The van der Waals surface area contributed by atoms with Crippen LogP contribution in [0.4, 0.5) is 0 Å². The van der Waals surface area contributed by atoms with Crippen molar-refractivity contribution in [1.82, 2.24) is 4.90 Å². The molecule has 1 aliphatic rings. The van der Waals surface area contributed by atoms with Gasteiger partial charge in [-0.05, 0) is 24.6 Å². The zero-order chi connectivity index (χ0) is 14.7. The highest BCUT2D eigenvalue weighted by atomic mass is 28.4. The van der Waals surface area contributed by atoms with E-state index in [1.807, 2.05) is 6.08 Å². The Kier molecular flexibility index (Phi) is 5.35. The third-order valence-corrected chi connectivity index (χ3v) is 8.72. The van der Waals surface area contributed by atoms with Gasteiger partial charge in [0.2, 0.25) is 0 Å². The molecule has 0 aromatic carbocycles. The Morgan fingerprint density at radius 2 is 2.11 bits per heavy atom. The van der Waals surface area contributed by atoms with Gasteiger partial charge in [0.15, 0.2) is 8.32 Å². The van der Waals surface area contributed by atoms with Crippen molar-refractivity contribution in [3.8, 4) is 0 Å². The lowest BCUT2D eigenvalue weighted by molar-refractivity contribution is -0.133. The van der Waals surface area contributed by atoms with E-state index < -0.39 is 14.3 Å². The molecule has 1 rings (SSSR count). The number of aliphatic carboxylic acids is 1. The van der Waals surface area contributed by atoms with Gasteiger partial charge in [-0.15, -0.1) is 0 Å². The van der Waals surface area contributed by atoms with Crippen LogP contribution in [0.5, 0.6) is 0 Å². The monoisotopic (exact) mass is 285 g/mol. The summed E-state index contributed by atoms with van der Waals surface area (Å²) in [6.45, 7) is 14.1. The van der Waals surface area contributed by atoms with Crippen LogP contribution in [0.2, 0.25) is 18.1 Å². The van der Waals surface area contributed by atoms with Gasteiger partial charge in [0.25, 0.3) is 0 Å². The van der Waals surface area contributed by atoms with Gasteiger partial charge in [-0.1, -0.05) is 26.8 Å². The first-order chi connectivity index (χ1) is 8.63. The predicted octanol–water partition coefficient (Wildman–Crippen LogP) is 2.72. The second-order valence-electron chi connectivity index (χ2n) is 6.71. The summed E-state index contributed by atoms with van der Waals surface area (Å²) in [6, 6.07) is 0. The zero-order valence-electron chi connectivity index (χ0n) is 12.8. The maximum atomic E-state index is 10.9. The van der Waals surface area contributed by atoms with Gasteiger partial charge in [0.1, 0.15) is 0 Å². The van der Waals surface area contributed by atoms with E-state index in [2.05, 4.69) is 38.8 Å². The number of carbonyl (C=O) groups is 1. The number of carboxylic acid groups (broad SMARTS) is 1. The van der Waals surface area contributed by atoms with Gasteiger partial charge in [0.05, 0.1) is 0 Å². The molecular formula is C14H27NO3Si. The van der Waals surface area contributed by atoms with Crippen LogP contribution in [-0.2, 0) is 9.22 Å². The van der Waals surface area contributed by atoms with E-state index in [0.29, 0.717) is 18.7 Å². The minimum Gasteiger partial charge on any atom is -0.478 e. The fraction of sp³-hybridized carbons (Fsp3) is 0.786. The fourth-order valence-electron chi connectivity index (χ4n) is 1.80. The Bertz CT molecular complexity index is 358. The Balaban J connectivity index is 2.39. The van der Waals surface area contributed by atoms with Crippen molar-refractivity contribution < 1.29 is 14.3 Å². The van der Waals surface area contributed by atoms with E-state index in [-0.39, 0.29) is 5.04 Å². The molecule has 0 atom stereocenters. The van der Waals surface area contributed by atoms with Crippen LogP contribution >= 0.6 is 0 Å². The van der Waals surface area contributed by atoms with E-state index in [0.717, 1.165) is 19.5 Å². The number of carboxylic acids is 1.